The van der Waals surface area contributed by atoms with Crippen LogP contribution in [0, 0.1) is 23.2 Å². The molecule has 0 spiro atoms. The highest BCUT2D eigenvalue weighted by Crippen LogP contribution is 2.35. The fraction of sp³-hybridized carbons (Fsp3) is 0.500. The number of ether oxygens (including phenoxy) is 1. The minimum absolute atomic E-state index is 0.244. The van der Waals surface area contributed by atoms with Crippen molar-refractivity contribution in [1.29, 1.82) is 5.26 Å². The summed E-state index contributed by atoms with van der Waals surface area (Å²) >= 11 is 6.23. The first-order valence-corrected chi connectivity index (χ1v) is 11.8. The van der Waals surface area contributed by atoms with Crippen molar-refractivity contribution in [2.24, 2.45) is 11.8 Å². The third kappa shape index (κ3) is 4.54. The van der Waals surface area contributed by atoms with Crippen molar-refractivity contribution < 1.29 is 9.84 Å². The Kier molecular flexibility index (Phi) is 6.19. The summed E-state index contributed by atoms with van der Waals surface area (Å²) < 4.78 is 7.59. The quantitative estimate of drug-likeness (QED) is 0.584. The van der Waals surface area contributed by atoms with Crippen LogP contribution in [-0.4, -0.2) is 50.0 Å². The third-order valence-electron chi connectivity index (χ3n) is 6.76. The van der Waals surface area contributed by atoms with E-state index in [1.54, 1.807) is 24.5 Å². The van der Waals surface area contributed by atoms with E-state index in [1.807, 2.05) is 0 Å². The molecule has 33 heavy (non-hydrogen) atoms. The Morgan fingerprint density at radius 3 is 2.73 bits per heavy atom. The van der Waals surface area contributed by atoms with Crippen LogP contribution in [-0.2, 0) is 11.3 Å². The largest absolute Gasteiger partial charge is 0.388 e. The average molecular weight is 467 g/mol. The van der Waals surface area contributed by atoms with Gasteiger partial charge in [0.25, 0.3) is 0 Å². The second-order valence-electron chi connectivity index (χ2n) is 9.26. The summed E-state index contributed by atoms with van der Waals surface area (Å²) in [6.07, 6.45) is 7.44. The van der Waals surface area contributed by atoms with Crippen LogP contribution >= 0.6 is 11.6 Å². The molecule has 2 aliphatic rings. The van der Waals surface area contributed by atoms with Crippen LogP contribution < -0.4 is 5.32 Å². The minimum atomic E-state index is -0.599. The zero-order chi connectivity index (χ0) is 22.9. The molecule has 2 fully saturated rings. The first kappa shape index (κ1) is 22.1. The van der Waals surface area contributed by atoms with Crippen molar-refractivity contribution in [2.45, 2.75) is 51.3 Å². The smallest absolute Gasteiger partial charge is 0.204 e. The summed E-state index contributed by atoms with van der Waals surface area (Å²) in [4.78, 5) is 13.7. The number of hydrogen-bond donors (Lipinski definition) is 2. The fourth-order valence-corrected chi connectivity index (χ4v) is 5.03. The van der Waals surface area contributed by atoms with Gasteiger partial charge in [0.2, 0.25) is 5.95 Å². The number of halogens is 1. The molecule has 3 aromatic heterocycles. The van der Waals surface area contributed by atoms with Crippen molar-refractivity contribution >= 4 is 28.6 Å². The minimum Gasteiger partial charge on any atom is -0.388 e. The van der Waals surface area contributed by atoms with Gasteiger partial charge in [-0.25, -0.2) is 9.97 Å². The molecule has 0 unspecified atom stereocenters. The topological polar surface area (TPSA) is 109 Å². The summed E-state index contributed by atoms with van der Waals surface area (Å²) in [6.45, 7) is 3.81. The Balaban J connectivity index is 1.65. The van der Waals surface area contributed by atoms with Crippen molar-refractivity contribution in [1.82, 2.24) is 19.5 Å². The number of hydrogen-bond acceptors (Lipinski definition) is 7. The Morgan fingerprint density at radius 1 is 1.21 bits per heavy atom. The normalized spacial score (nSPS) is 25.3. The molecule has 0 aromatic carbocycles. The highest BCUT2D eigenvalue weighted by molar-refractivity contribution is 6.30. The van der Waals surface area contributed by atoms with Gasteiger partial charge < -0.3 is 19.7 Å². The fourth-order valence-electron chi connectivity index (χ4n) is 4.86. The molecule has 3 aromatic rings. The van der Waals surface area contributed by atoms with E-state index in [1.165, 1.54) is 12.8 Å². The maximum atomic E-state index is 10.3. The van der Waals surface area contributed by atoms with Gasteiger partial charge in [-0.3, -0.25) is 4.98 Å². The predicted octanol–water partition coefficient (Wildman–Crippen LogP) is 4.02. The van der Waals surface area contributed by atoms with Gasteiger partial charge in [0.15, 0.2) is 0 Å². The first-order chi connectivity index (χ1) is 16.0. The van der Waals surface area contributed by atoms with E-state index in [2.05, 4.69) is 32.8 Å². The van der Waals surface area contributed by atoms with Crippen LogP contribution in [0.4, 0.5) is 5.95 Å². The lowest BCUT2D eigenvalue weighted by Crippen LogP contribution is -2.33. The lowest BCUT2D eigenvalue weighted by molar-refractivity contribution is 0.125. The number of anilines is 1. The average Bonchev–Trinajstić information content (AvgIpc) is 3.37. The summed E-state index contributed by atoms with van der Waals surface area (Å²) in [5.74, 6) is 1.94. The standard InChI is InChI=1S/C24H27ClN6O2/c1-14-2-4-15(5-3-14)11-31-23-19(29-24(31)30-20-12-33-13-21(20)32)7-18(8-26)28-22(23)16-6-17(25)10-27-9-16/h6-7,9-10,14-15,20-21,32H,2-5,11-13H2,1H3,(H,29,30)/t14-,15-,20-,21-/m1/s1. The van der Waals surface area contributed by atoms with E-state index in [0.717, 1.165) is 36.4 Å². The van der Waals surface area contributed by atoms with E-state index < -0.39 is 6.10 Å². The highest BCUT2D eigenvalue weighted by atomic mass is 35.5. The summed E-state index contributed by atoms with van der Waals surface area (Å²) in [7, 11) is 0. The molecule has 1 aliphatic heterocycles. The van der Waals surface area contributed by atoms with Crippen LogP contribution in [0.25, 0.3) is 22.3 Å². The molecule has 9 heteroatoms. The molecule has 5 rings (SSSR count). The molecule has 1 aliphatic carbocycles. The van der Waals surface area contributed by atoms with Crippen LogP contribution in [0.3, 0.4) is 0 Å². The van der Waals surface area contributed by atoms with E-state index in [-0.39, 0.29) is 11.7 Å². The van der Waals surface area contributed by atoms with Gasteiger partial charge in [-0.05, 0) is 30.7 Å². The maximum Gasteiger partial charge on any atom is 0.204 e. The number of imidazole rings is 1. The first-order valence-electron chi connectivity index (χ1n) is 11.5. The molecular weight excluding hydrogens is 440 g/mol. The van der Waals surface area contributed by atoms with Crippen LogP contribution in [0.1, 0.15) is 38.3 Å². The molecule has 2 atom stereocenters. The van der Waals surface area contributed by atoms with Crippen molar-refractivity contribution in [2.75, 3.05) is 18.5 Å². The molecule has 2 N–H and O–H groups in total. The van der Waals surface area contributed by atoms with E-state index in [9.17, 15) is 10.4 Å². The van der Waals surface area contributed by atoms with E-state index in [4.69, 9.17) is 21.3 Å². The molecule has 172 valence electrons. The van der Waals surface area contributed by atoms with Crippen molar-refractivity contribution in [3.05, 3.63) is 35.2 Å². The molecule has 1 saturated heterocycles. The number of rotatable bonds is 5. The number of pyridine rings is 2. The Bertz CT molecular complexity index is 1200. The van der Waals surface area contributed by atoms with Gasteiger partial charge in [-0.15, -0.1) is 0 Å². The van der Waals surface area contributed by atoms with Gasteiger partial charge in [0.05, 0.1) is 47.1 Å². The van der Waals surface area contributed by atoms with Gasteiger partial charge >= 0.3 is 0 Å². The predicted molar refractivity (Wildman–Crippen MR) is 126 cm³/mol. The van der Waals surface area contributed by atoms with Crippen LogP contribution in [0.5, 0.6) is 0 Å². The summed E-state index contributed by atoms with van der Waals surface area (Å²) in [6, 6.07) is 5.42. The molecular formula is C24H27ClN6O2. The van der Waals surface area contributed by atoms with Crippen molar-refractivity contribution in [3.8, 4) is 17.3 Å². The number of nitrogens with one attached hydrogen (secondary N) is 1. The Labute approximate surface area is 197 Å². The van der Waals surface area contributed by atoms with E-state index >= 15 is 0 Å². The lowest BCUT2D eigenvalue weighted by atomic mass is 9.83. The van der Waals surface area contributed by atoms with Crippen LogP contribution in [0.2, 0.25) is 5.02 Å². The molecule has 8 nitrogen and oxygen atoms in total. The van der Waals surface area contributed by atoms with Gasteiger partial charge in [-0.2, -0.15) is 5.26 Å². The zero-order valence-electron chi connectivity index (χ0n) is 18.5. The Hall–Kier alpha value is -2.73. The monoisotopic (exact) mass is 466 g/mol. The third-order valence-corrected chi connectivity index (χ3v) is 6.97. The zero-order valence-corrected chi connectivity index (χ0v) is 19.3. The molecule has 0 amide bonds. The van der Waals surface area contributed by atoms with Crippen LogP contribution in [0.15, 0.2) is 24.5 Å². The summed E-state index contributed by atoms with van der Waals surface area (Å²) in [5.41, 5.74) is 3.17. The second-order valence-corrected chi connectivity index (χ2v) is 9.69. The Morgan fingerprint density at radius 2 is 2.03 bits per heavy atom. The molecule has 0 bridgehead atoms. The number of nitrogens with zero attached hydrogens (tertiary/aromatic N) is 5. The summed E-state index contributed by atoms with van der Waals surface area (Å²) in [5, 5.41) is 23.8. The van der Waals surface area contributed by atoms with Gasteiger partial charge in [-0.1, -0.05) is 31.4 Å². The number of aliphatic hydroxyl groups excluding tert-OH is 1. The number of aromatic nitrogens is 4. The maximum absolute atomic E-state index is 10.3. The number of aliphatic hydroxyl groups is 1. The molecule has 4 heterocycles. The van der Waals surface area contributed by atoms with Gasteiger partial charge in [0, 0.05) is 30.6 Å². The molecule has 0 radical (unpaired) electrons. The lowest BCUT2D eigenvalue weighted by Gasteiger charge is -2.27. The second kappa shape index (κ2) is 9.26. The SMILES string of the molecule is C[C@H]1CC[C@H](Cn2c(N[C@@H]3COC[C@H]3O)nc3cc(C#N)nc(-c4cncc(Cl)c4)c32)CC1. The van der Waals surface area contributed by atoms with Gasteiger partial charge in [0.1, 0.15) is 11.8 Å². The van der Waals surface area contributed by atoms with Crippen molar-refractivity contribution in [3.63, 3.8) is 0 Å². The highest BCUT2D eigenvalue weighted by Gasteiger charge is 2.29. The molecule has 1 saturated carbocycles. The van der Waals surface area contributed by atoms with E-state index in [0.29, 0.717) is 41.3 Å². The number of nitriles is 1. The number of fused-ring (bicyclic) bond motifs is 1.